The van der Waals surface area contributed by atoms with Crippen molar-refractivity contribution in [1.82, 2.24) is 19.6 Å². The lowest BCUT2D eigenvalue weighted by Crippen LogP contribution is -2.00. The first-order valence-electron chi connectivity index (χ1n) is 6.12. The molecular formula is C14H14N4O2. The van der Waals surface area contributed by atoms with E-state index in [0.717, 1.165) is 22.7 Å². The van der Waals surface area contributed by atoms with Gasteiger partial charge in [-0.1, -0.05) is 0 Å². The van der Waals surface area contributed by atoms with Gasteiger partial charge in [0.1, 0.15) is 17.8 Å². The van der Waals surface area contributed by atoms with Crippen LogP contribution in [0, 0.1) is 6.92 Å². The number of hydrogen-bond donors (Lipinski definition) is 0. The highest BCUT2D eigenvalue weighted by molar-refractivity contribution is 5.70. The van der Waals surface area contributed by atoms with Crippen LogP contribution in [-0.4, -0.2) is 33.8 Å². The van der Waals surface area contributed by atoms with Gasteiger partial charge in [0, 0.05) is 17.3 Å². The number of nitrogens with zero attached hydrogens (tertiary/aromatic N) is 4. The molecule has 6 heteroatoms. The van der Waals surface area contributed by atoms with Crippen LogP contribution in [0.1, 0.15) is 5.69 Å². The van der Waals surface area contributed by atoms with E-state index in [2.05, 4.69) is 15.1 Å². The van der Waals surface area contributed by atoms with Crippen molar-refractivity contribution in [3.8, 4) is 22.8 Å². The number of ether oxygens (including phenoxy) is 2. The Kier molecular flexibility index (Phi) is 2.98. The van der Waals surface area contributed by atoms with E-state index < -0.39 is 0 Å². The van der Waals surface area contributed by atoms with Gasteiger partial charge in [-0.3, -0.25) is 0 Å². The highest BCUT2D eigenvalue weighted by Crippen LogP contribution is 2.33. The predicted octanol–water partition coefficient (Wildman–Crippen LogP) is 2.12. The summed E-state index contributed by atoms with van der Waals surface area (Å²) >= 11 is 0. The molecule has 0 saturated heterocycles. The first-order chi connectivity index (χ1) is 9.72. The lowest BCUT2D eigenvalue weighted by atomic mass is 10.1. The molecule has 2 heterocycles. The molecule has 0 radical (unpaired) electrons. The minimum Gasteiger partial charge on any atom is -0.497 e. The number of methoxy groups -OCH3 is 2. The Morgan fingerprint density at radius 3 is 2.70 bits per heavy atom. The van der Waals surface area contributed by atoms with Crippen molar-refractivity contribution in [3.05, 3.63) is 36.3 Å². The number of rotatable bonds is 3. The van der Waals surface area contributed by atoms with E-state index in [0.29, 0.717) is 11.5 Å². The van der Waals surface area contributed by atoms with E-state index in [1.165, 1.54) is 6.33 Å². The summed E-state index contributed by atoms with van der Waals surface area (Å²) in [4.78, 5) is 8.47. The summed E-state index contributed by atoms with van der Waals surface area (Å²) in [6, 6.07) is 7.61. The molecule has 0 unspecified atom stereocenters. The van der Waals surface area contributed by atoms with Crippen molar-refractivity contribution in [1.29, 1.82) is 0 Å². The van der Waals surface area contributed by atoms with Crippen molar-refractivity contribution in [2.45, 2.75) is 6.92 Å². The standard InChI is InChI=1S/C14H14N4O2/c1-9-6-12(18-14(17-9)15-8-16-18)11-5-4-10(19-2)7-13(11)20-3/h4-8H,1-3H3. The van der Waals surface area contributed by atoms with E-state index in [4.69, 9.17) is 9.47 Å². The van der Waals surface area contributed by atoms with Crippen LogP contribution in [0.3, 0.4) is 0 Å². The predicted molar refractivity (Wildman–Crippen MR) is 74.1 cm³/mol. The van der Waals surface area contributed by atoms with E-state index >= 15 is 0 Å². The van der Waals surface area contributed by atoms with Crippen LogP contribution in [0.2, 0.25) is 0 Å². The Hall–Kier alpha value is -2.63. The molecule has 0 bridgehead atoms. The molecule has 102 valence electrons. The molecule has 20 heavy (non-hydrogen) atoms. The summed E-state index contributed by atoms with van der Waals surface area (Å²) in [7, 11) is 3.26. The topological polar surface area (TPSA) is 61.5 Å². The number of aryl methyl sites for hydroxylation is 1. The van der Waals surface area contributed by atoms with Crippen LogP contribution < -0.4 is 9.47 Å². The molecule has 2 aromatic heterocycles. The van der Waals surface area contributed by atoms with E-state index in [1.807, 2.05) is 31.2 Å². The van der Waals surface area contributed by atoms with E-state index in [1.54, 1.807) is 18.7 Å². The number of aromatic nitrogens is 4. The maximum Gasteiger partial charge on any atom is 0.252 e. The van der Waals surface area contributed by atoms with Gasteiger partial charge in [-0.2, -0.15) is 14.6 Å². The van der Waals surface area contributed by atoms with Crippen LogP contribution in [0.15, 0.2) is 30.6 Å². The van der Waals surface area contributed by atoms with Crippen LogP contribution in [0.5, 0.6) is 11.5 Å². The molecule has 0 spiro atoms. The zero-order valence-electron chi connectivity index (χ0n) is 11.5. The third-order valence-corrected chi connectivity index (χ3v) is 3.06. The first kappa shape index (κ1) is 12.4. The van der Waals surface area contributed by atoms with Crippen LogP contribution in [0.25, 0.3) is 17.0 Å². The van der Waals surface area contributed by atoms with Crippen LogP contribution in [-0.2, 0) is 0 Å². The second-order valence-electron chi connectivity index (χ2n) is 4.32. The second kappa shape index (κ2) is 4.80. The second-order valence-corrected chi connectivity index (χ2v) is 4.32. The third kappa shape index (κ3) is 1.95. The summed E-state index contributed by atoms with van der Waals surface area (Å²) in [5.41, 5.74) is 2.66. The number of benzene rings is 1. The van der Waals surface area contributed by atoms with Gasteiger partial charge >= 0.3 is 0 Å². The maximum absolute atomic E-state index is 5.45. The van der Waals surface area contributed by atoms with Gasteiger partial charge in [0.15, 0.2) is 0 Å². The zero-order chi connectivity index (χ0) is 14.1. The van der Waals surface area contributed by atoms with Gasteiger partial charge in [-0.05, 0) is 25.1 Å². The van der Waals surface area contributed by atoms with Crippen molar-refractivity contribution in [3.63, 3.8) is 0 Å². The summed E-state index contributed by atoms with van der Waals surface area (Å²) < 4.78 is 12.4. The fraction of sp³-hybridized carbons (Fsp3) is 0.214. The smallest absolute Gasteiger partial charge is 0.252 e. The maximum atomic E-state index is 5.45. The van der Waals surface area contributed by atoms with Gasteiger partial charge in [-0.15, -0.1) is 0 Å². The van der Waals surface area contributed by atoms with Crippen molar-refractivity contribution < 1.29 is 9.47 Å². The molecular weight excluding hydrogens is 256 g/mol. The number of hydrogen-bond acceptors (Lipinski definition) is 5. The molecule has 0 amide bonds. The molecule has 0 aliphatic heterocycles. The van der Waals surface area contributed by atoms with Crippen LogP contribution >= 0.6 is 0 Å². The van der Waals surface area contributed by atoms with Gasteiger partial charge in [0.2, 0.25) is 0 Å². The molecule has 3 rings (SSSR count). The molecule has 3 aromatic rings. The molecule has 0 aliphatic carbocycles. The Balaban J connectivity index is 2.27. The molecule has 0 aliphatic rings. The Bertz CT molecular complexity index is 767. The minimum atomic E-state index is 0.567. The molecule has 0 saturated carbocycles. The SMILES string of the molecule is COc1ccc(-c2cc(C)nc3ncnn23)c(OC)c1. The molecule has 0 N–H and O–H groups in total. The average Bonchev–Trinajstić information content (AvgIpc) is 2.93. The van der Waals surface area contributed by atoms with Crippen molar-refractivity contribution >= 4 is 5.78 Å². The molecule has 0 fully saturated rings. The van der Waals surface area contributed by atoms with Gasteiger partial charge < -0.3 is 9.47 Å². The van der Waals surface area contributed by atoms with Crippen molar-refractivity contribution in [2.75, 3.05) is 14.2 Å². The quantitative estimate of drug-likeness (QED) is 0.729. The molecule has 1 aromatic carbocycles. The first-order valence-corrected chi connectivity index (χ1v) is 6.12. The lowest BCUT2D eigenvalue weighted by molar-refractivity contribution is 0.395. The monoisotopic (exact) mass is 270 g/mol. The molecule has 0 atom stereocenters. The fourth-order valence-corrected chi connectivity index (χ4v) is 2.13. The van der Waals surface area contributed by atoms with Gasteiger partial charge in [-0.25, -0.2) is 4.98 Å². The summed E-state index contributed by atoms with van der Waals surface area (Å²) in [6.45, 7) is 1.92. The van der Waals surface area contributed by atoms with Gasteiger partial charge in [0.05, 0.1) is 19.9 Å². The zero-order valence-corrected chi connectivity index (χ0v) is 11.5. The normalized spacial score (nSPS) is 10.8. The van der Waals surface area contributed by atoms with Gasteiger partial charge in [0.25, 0.3) is 5.78 Å². The Morgan fingerprint density at radius 1 is 1.10 bits per heavy atom. The Morgan fingerprint density at radius 2 is 1.95 bits per heavy atom. The number of fused-ring (bicyclic) bond motifs is 1. The lowest BCUT2D eigenvalue weighted by Gasteiger charge is -2.11. The average molecular weight is 270 g/mol. The Labute approximate surface area is 116 Å². The van der Waals surface area contributed by atoms with E-state index in [9.17, 15) is 0 Å². The van der Waals surface area contributed by atoms with E-state index in [-0.39, 0.29) is 0 Å². The summed E-state index contributed by atoms with van der Waals surface area (Å²) in [6.07, 6.45) is 1.49. The van der Waals surface area contributed by atoms with Crippen LogP contribution in [0.4, 0.5) is 0 Å². The minimum absolute atomic E-state index is 0.567. The summed E-state index contributed by atoms with van der Waals surface area (Å²) in [5.74, 6) is 2.02. The highest BCUT2D eigenvalue weighted by atomic mass is 16.5. The largest absolute Gasteiger partial charge is 0.497 e. The summed E-state index contributed by atoms with van der Waals surface area (Å²) in [5, 5.41) is 4.21. The molecule has 6 nitrogen and oxygen atoms in total. The highest BCUT2D eigenvalue weighted by Gasteiger charge is 2.13. The fourth-order valence-electron chi connectivity index (χ4n) is 2.13. The van der Waals surface area contributed by atoms with Crippen molar-refractivity contribution in [2.24, 2.45) is 0 Å². The third-order valence-electron chi connectivity index (χ3n) is 3.06.